The largest absolute Gasteiger partial charge is 0.328 e. The molecule has 114 valence electrons. The molecule has 1 amide bonds. The first-order valence-electron chi connectivity index (χ1n) is 6.43. The average molecular weight is 320 g/mol. The number of hydrogen-bond acceptors (Lipinski definition) is 6. The number of anilines is 1. The van der Waals surface area contributed by atoms with Crippen LogP contribution in [0.3, 0.4) is 0 Å². The van der Waals surface area contributed by atoms with Crippen LogP contribution < -0.4 is 16.6 Å². The maximum atomic E-state index is 11.9. The van der Waals surface area contributed by atoms with E-state index in [0.717, 1.165) is 5.69 Å². The second kappa shape index (κ2) is 5.56. The molecule has 0 aliphatic carbocycles. The number of nitrogens with one attached hydrogen (secondary N) is 2. The summed E-state index contributed by atoms with van der Waals surface area (Å²) >= 11 is 1.43. The molecule has 0 spiro atoms. The highest BCUT2D eigenvalue weighted by molar-refractivity contribution is 7.15. The standard InChI is InChI=1S/C12H12N6O3S/c1-7-6-22-12-15-10(16-18(7)12)13-8(19)2-4-17-5-3-9(20)14-11(17)21/h3,5-6H,2,4H2,1H3,(H,13,16,19)(H,14,20,21). The molecule has 0 fully saturated rings. The van der Waals surface area contributed by atoms with Crippen molar-refractivity contribution in [1.29, 1.82) is 0 Å². The minimum atomic E-state index is -0.545. The number of aryl methyl sites for hydroxylation is 2. The smallest absolute Gasteiger partial charge is 0.300 e. The number of fused-ring (bicyclic) bond motifs is 1. The lowest BCUT2D eigenvalue weighted by Gasteiger charge is -2.03. The van der Waals surface area contributed by atoms with Gasteiger partial charge in [0.25, 0.3) is 5.56 Å². The molecule has 3 rings (SSSR count). The molecule has 3 aromatic rings. The minimum absolute atomic E-state index is 0.0673. The van der Waals surface area contributed by atoms with E-state index >= 15 is 0 Å². The average Bonchev–Trinajstić information content (AvgIpc) is 3.00. The van der Waals surface area contributed by atoms with Crippen LogP contribution in [0.5, 0.6) is 0 Å². The third-order valence-corrected chi connectivity index (χ3v) is 3.91. The molecule has 22 heavy (non-hydrogen) atoms. The number of thiazole rings is 1. The lowest BCUT2D eigenvalue weighted by molar-refractivity contribution is -0.116. The van der Waals surface area contributed by atoms with Gasteiger partial charge >= 0.3 is 5.69 Å². The summed E-state index contributed by atoms with van der Waals surface area (Å²) in [5.41, 5.74) is -0.0762. The van der Waals surface area contributed by atoms with Crippen LogP contribution in [0, 0.1) is 6.92 Å². The molecule has 0 radical (unpaired) electrons. The van der Waals surface area contributed by atoms with Crippen molar-refractivity contribution < 1.29 is 4.79 Å². The zero-order valence-corrected chi connectivity index (χ0v) is 12.4. The first kappa shape index (κ1) is 14.2. The first-order valence-corrected chi connectivity index (χ1v) is 7.31. The van der Waals surface area contributed by atoms with Crippen molar-refractivity contribution in [1.82, 2.24) is 24.1 Å². The van der Waals surface area contributed by atoms with Crippen molar-refractivity contribution in [2.24, 2.45) is 0 Å². The van der Waals surface area contributed by atoms with Crippen LogP contribution >= 0.6 is 11.3 Å². The van der Waals surface area contributed by atoms with E-state index < -0.39 is 11.2 Å². The topological polar surface area (TPSA) is 114 Å². The summed E-state index contributed by atoms with van der Waals surface area (Å²) in [5, 5.41) is 8.67. The van der Waals surface area contributed by atoms with Crippen LogP contribution in [0.25, 0.3) is 4.96 Å². The van der Waals surface area contributed by atoms with Gasteiger partial charge in [-0.25, -0.2) is 9.31 Å². The summed E-state index contributed by atoms with van der Waals surface area (Å²) < 4.78 is 2.90. The Bertz CT molecular complexity index is 950. The number of rotatable bonds is 4. The molecule has 0 bridgehead atoms. The molecule has 3 aromatic heterocycles. The predicted octanol–water partition coefficient (Wildman–Crippen LogP) is -0.0220. The molecule has 0 saturated heterocycles. The highest BCUT2D eigenvalue weighted by atomic mass is 32.1. The zero-order valence-electron chi connectivity index (χ0n) is 11.6. The Kier molecular flexibility index (Phi) is 3.59. The molecule has 2 N–H and O–H groups in total. The van der Waals surface area contributed by atoms with Crippen molar-refractivity contribution in [3.63, 3.8) is 0 Å². The molecule has 0 aromatic carbocycles. The Morgan fingerprint density at radius 2 is 2.27 bits per heavy atom. The quantitative estimate of drug-likeness (QED) is 0.701. The van der Waals surface area contributed by atoms with Crippen molar-refractivity contribution in [3.05, 3.63) is 44.2 Å². The van der Waals surface area contributed by atoms with Gasteiger partial charge in [-0.05, 0) is 6.92 Å². The van der Waals surface area contributed by atoms with Gasteiger partial charge in [-0.2, -0.15) is 4.98 Å². The second-order valence-corrected chi connectivity index (χ2v) is 5.45. The summed E-state index contributed by atoms with van der Waals surface area (Å²) in [4.78, 5) is 41.3. The lowest BCUT2D eigenvalue weighted by Crippen LogP contribution is -2.29. The first-order chi connectivity index (χ1) is 10.5. The molecule has 3 heterocycles. The van der Waals surface area contributed by atoms with Gasteiger partial charge in [0.05, 0.1) is 5.69 Å². The summed E-state index contributed by atoms with van der Waals surface area (Å²) in [6.07, 6.45) is 1.42. The molecule has 0 saturated carbocycles. The van der Waals surface area contributed by atoms with Crippen LogP contribution in [0.15, 0.2) is 27.2 Å². The monoisotopic (exact) mass is 320 g/mol. The van der Waals surface area contributed by atoms with Gasteiger partial charge < -0.3 is 4.57 Å². The Hall–Kier alpha value is -2.75. The van der Waals surface area contributed by atoms with E-state index in [4.69, 9.17) is 0 Å². The van der Waals surface area contributed by atoms with Crippen LogP contribution in [0.2, 0.25) is 0 Å². The molecule has 0 unspecified atom stereocenters. The number of nitrogens with zero attached hydrogens (tertiary/aromatic N) is 4. The van der Waals surface area contributed by atoms with E-state index in [1.807, 2.05) is 12.3 Å². The molecule has 10 heteroatoms. The molecular weight excluding hydrogens is 308 g/mol. The molecule has 0 aliphatic heterocycles. The Balaban J connectivity index is 1.64. The summed E-state index contributed by atoms with van der Waals surface area (Å²) in [5.74, 6) is -0.0808. The van der Waals surface area contributed by atoms with Gasteiger partial charge in [-0.15, -0.1) is 16.4 Å². The Labute approximate surface area is 127 Å². The van der Waals surface area contributed by atoms with E-state index in [9.17, 15) is 14.4 Å². The third-order valence-electron chi connectivity index (χ3n) is 2.97. The normalized spacial score (nSPS) is 11.0. The number of aromatic nitrogens is 5. The van der Waals surface area contributed by atoms with E-state index in [-0.39, 0.29) is 24.8 Å². The number of carbonyl (C=O) groups excluding carboxylic acids is 1. The highest BCUT2D eigenvalue weighted by Gasteiger charge is 2.10. The predicted molar refractivity (Wildman–Crippen MR) is 80.2 cm³/mol. The fourth-order valence-corrected chi connectivity index (χ4v) is 2.67. The number of amides is 1. The van der Waals surface area contributed by atoms with E-state index in [0.29, 0.717) is 4.96 Å². The van der Waals surface area contributed by atoms with E-state index in [2.05, 4.69) is 20.4 Å². The van der Waals surface area contributed by atoms with Gasteiger partial charge in [0.15, 0.2) is 0 Å². The van der Waals surface area contributed by atoms with Crippen LogP contribution in [-0.4, -0.2) is 30.1 Å². The molecular formula is C12H12N6O3S. The van der Waals surface area contributed by atoms with Crippen molar-refractivity contribution in [2.45, 2.75) is 19.9 Å². The van der Waals surface area contributed by atoms with Crippen LogP contribution in [-0.2, 0) is 11.3 Å². The maximum absolute atomic E-state index is 11.9. The fourth-order valence-electron chi connectivity index (χ4n) is 1.87. The van der Waals surface area contributed by atoms with Crippen molar-refractivity contribution in [2.75, 3.05) is 5.32 Å². The summed E-state index contributed by atoms with van der Waals surface area (Å²) in [6.45, 7) is 2.05. The molecule has 0 aliphatic rings. The summed E-state index contributed by atoms with van der Waals surface area (Å²) in [7, 11) is 0. The van der Waals surface area contributed by atoms with E-state index in [1.54, 1.807) is 4.52 Å². The minimum Gasteiger partial charge on any atom is -0.300 e. The Morgan fingerprint density at radius 1 is 1.45 bits per heavy atom. The maximum Gasteiger partial charge on any atom is 0.328 e. The van der Waals surface area contributed by atoms with Gasteiger partial charge in [0.1, 0.15) is 0 Å². The summed E-state index contributed by atoms with van der Waals surface area (Å²) in [6, 6.07) is 1.23. The van der Waals surface area contributed by atoms with E-state index in [1.165, 1.54) is 28.2 Å². The van der Waals surface area contributed by atoms with Gasteiger partial charge in [0.2, 0.25) is 16.8 Å². The van der Waals surface area contributed by atoms with Crippen molar-refractivity contribution in [3.8, 4) is 0 Å². The molecule has 0 atom stereocenters. The number of aromatic amines is 1. The Morgan fingerprint density at radius 3 is 3.00 bits per heavy atom. The van der Waals surface area contributed by atoms with Crippen LogP contribution in [0.1, 0.15) is 12.1 Å². The molecule has 9 nitrogen and oxygen atoms in total. The SMILES string of the molecule is Cc1csc2nc(NC(=O)CCn3ccc(=O)[nH]c3=O)nn12. The third kappa shape index (κ3) is 2.81. The highest BCUT2D eigenvalue weighted by Crippen LogP contribution is 2.15. The number of H-pyrrole nitrogens is 1. The number of carbonyl (C=O) groups is 1. The lowest BCUT2D eigenvalue weighted by atomic mass is 10.4. The zero-order chi connectivity index (χ0) is 15.7. The second-order valence-electron chi connectivity index (χ2n) is 4.61. The van der Waals surface area contributed by atoms with Crippen LogP contribution in [0.4, 0.5) is 5.95 Å². The van der Waals surface area contributed by atoms with Crippen molar-refractivity contribution >= 4 is 28.2 Å². The number of hydrogen-bond donors (Lipinski definition) is 2. The van der Waals surface area contributed by atoms with Gasteiger partial charge in [-0.1, -0.05) is 0 Å². The fraction of sp³-hybridized carbons (Fsp3) is 0.250. The van der Waals surface area contributed by atoms with Gasteiger partial charge in [0, 0.05) is 30.6 Å². The van der Waals surface area contributed by atoms with Gasteiger partial charge in [-0.3, -0.25) is 19.9 Å².